The Morgan fingerprint density at radius 3 is 2.08 bits per heavy atom. The zero-order valence-electron chi connectivity index (χ0n) is 8.04. The van der Waals surface area contributed by atoms with Crippen molar-refractivity contribution in [3.63, 3.8) is 0 Å². The molecule has 78 valence electrons. The minimum Gasteiger partial charge on any atom is -0.289 e. The van der Waals surface area contributed by atoms with E-state index in [1.165, 1.54) is 0 Å². The Balaban J connectivity index is 4.39. The fraction of sp³-hybridized carbons (Fsp3) is 0.833. The van der Waals surface area contributed by atoms with Gasteiger partial charge in [-0.05, 0) is 0 Å². The highest BCUT2D eigenvalue weighted by Gasteiger charge is 2.25. The molecule has 0 heterocycles. The number of nitrogens with one attached hydrogen (secondary N) is 2. The van der Waals surface area contributed by atoms with Gasteiger partial charge in [-0.15, -0.1) is 0 Å². The minimum absolute atomic E-state index is 0.600. The fourth-order valence-electron chi connectivity index (χ4n) is 0.406. The Kier molecular flexibility index (Phi) is 3.83. The van der Waals surface area contributed by atoms with Gasteiger partial charge in [0.05, 0.1) is 7.11 Å². The Morgan fingerprint density at radius 2 is 1.77 bits per heavy atom. The summed E-state index contributed by atoms with van der Waals surface area (Å²) in [6, 6.07) is 0. The normalized spacial score (nSPS) is 12.6. The van der Waals surface area contributed by atoms with Crippen LogP contribution in [0, 0.1) is 5.41 Å². The highest BCUT2D eigenvalue weighted by molar-refractivity contribution is 7.87. The Hall–Kier alpha value is -0.660. The van der Waals surface area contributed by atoms with Crippen LogP contribution in [0.1, 0.15) is 20.8 Å². The maximum absolute atomic E-state index is 11.2. The number of carbonyl (C=O) groups excluding carboxylic acids is 1. The van der Waals surface area contributed by atoms with E-state index in [9.17, 15) is 13.2 Å². The molecule has 2 N–H and O–H groups in total. The molecule has 0 fully saturated rings. The molecular formula is C6H14N2O4S. The summed E-state index contributed by atoms with van der Waals surface area (Å²) in [5.74, 6) is -0.600. The van der Waals surface area contributed by atoms with Crippen molar-refractivity contribution in [3.8, 4) is 0 Å². The van der Waals surface area contributed by atoms with E-state index in [4.69, 9.17) is 0 Å². The molecule has 0 atom stereocenters. The Labute approximate surface area is 77.8 Å². The van der Waals surface area contributed by atoms with Crippen molar-refractivity contribution >= 4 is 16.1 Å². The first-order valence-corrected chi connectivity index (χ1v) is 5.04. The van der Waals surface area contributed by atoms with E-state index in [2.05, 4.69) is 4.84 Å². The number of carbonyl (C=O) groups is 1. The van der Waals surface area contributed by atoms with Crippen molar-refractivity contribution in [2.24, 2.45) is 5.41 Å². The Bertz CT molecular complexity index is 277. The molecule has 0 aromatic rings. The molecule has 1 amide bonds. The van der Waals surface area contributed by atoms with Crippen molar-refractivity contribution in [2.75, 3.05) is 7.11 Å². The van der Waals surface area contributed by atoms with E-state index in [1.54, 1.807) is 30.4 Å². The number of hydrogen-bond acceptors (Lipinski definition) is 4. The van der Waals surface area contributed by atoms with E-state index < -0.39 is 21.5 Å². The Morgan fingerprint density at radius 1 is 1.31 bits per heavy atom. The first kappa shape index (κ1) is 12.3. The molecule has 0 aliphatic rings. The van der Waals surface area contributed by atoms with Crippen molar-refractivity contribution in [2.45, 2.75) is 20.8 Å². The lowest BCUT2D eigenvalue weighted by Crippen LogP contribution is -2.44. The number of amides is 1. The van der Waals surface area contributed by atoms with Gasteiger partial charge >= 0.3 is 10.2 Å². The average molecular weight is 210 g/mol. The molecule has 0 bridgehead atoms. The summed E-state index contributed by atoms with van der Waals surface area (Å²) >= 11 is 0. The summed E-state index contributed by atoms with van der Waals surface area (Å²) in [4.78, 5) is 17.0. The molecule has 0 unspecified atom stereocenters. The molecule has 6 nitrogen and oxygen atoms in total. The van der Waals surface area contributed by atoms with Gasteiger partial charge in [0.15, 0.2) is 0 Å². The summed E-state index contributed by atoms with van der Waals surface area (Å²) in [6.07, 6.45) is 0. The third kappa shape index (κ3) is 4.81. The molecule has 0 saturated heterocycles. The van der Waals surface area contributed by atoms with Gasteiger partial charge in [0.2, 0.25) is 5.91 Å². The molecule has 0 spiro atoms. The zero-order chi connectivity index (χ0) is 10.7. The molecule has 0 rings (SSSR count). The molecule has 0 aromatic carbocycles. The largest absolute Gasteiger partial charge is 0.323 e. The van der Waals surface area contributed by atoms with Crippen LogP contribution >= 0.6 is 0 Å². The van der Waals surface area contributed by atoms with Crippen LogP contribution in [0.4, 0.5) is 0 Å². The molecule has 0 aromatic heterocycles. The van der Waals surface area contributed by atoms with E-state index in [1.807, 2.05) is 0 Å². The van der Waals surface area contributed by atoms with E-state index in [-0.39, 0.29) is 0 Å². The topological polar surface area (TPSA) is 84.5 Å². The summed E-state index contributed by atoms with van der Waals surface area (Å²) in [5, 5.41) is 0. The third-order valence-corrected chi connectivity index (χ3v) is 1.94. The molecule has 13 heavy (non-hydrogen) atoms. The average Bonchev–Trinajstić information content (AvgIpc) is 1.83. The minimum atomic E-state index is -3.89. The third-order valence-electron chi connectivity index (χ3n) is 1.10. The first-order valence-electron chi connectivity index (χ1n) is 3.56. The van der Waals surface area contributed by atoms with Crippen LogP contribution in [0.2, 0.25) is 0 Å². The summed E-state index contributed by atoms with van der Waals surface area (Å²) < 4.78 is 23.6. The molecule has 0 aliphatic carbocycles. The SMILES string of the molecule is CONS(=O)(=O)NC(=O)C(C)(C)C. The van der Waals surface area contributed by atoms with Gasteiger partial charge < -0.3 is 0 Å². The van der Waals surface area contributed by atoms with Gasteiger partial charge in [0, 0.05) is 5.41 Å². The predicted octanol–water partition coefficient (Wildman–Crippen LogP) is -0.456. The number of hydrogen-bond donors (Lipinski definition) is 2. The standard InChI is InChI=1S/C6H14N2O4S/c1-6(2,3)5(9)7-13(10,11)8-12-4/h8H,1-4H3,(H,7,9). The smallest absolute Gasteiger partial charge is 0.289 e. The fourth-order valence-corrected chi connectivity index (χ4v) is 1.22. The lowest BCUT2D eigenvalue weighted by molar-refractivity contribution is -0.126. The second-order valence-corrected chi connectivity index (χ2v) is 4.85. The van der Waals surface area contributed by atoms with Gasteiger partial charge in [-0.1, -0.05) is 25.7 Å². The number of rotatable bonds is 3. The second kappa shape index (κ2) is 4.03. The van der Waals surface area contributed by atoms with Crippen molar-refractivity contribution in [1.29, 1.82) is 0 Å². The maximum atomic E-state index is 11.2. The second-order valence-electron chi connectivity index (χ2n) is 3.47. The van der Waals surface area contributed by atoms with Gasteiger partial charge in [-0.3, -0.25) is 9.63 Å². The molecule has 7 heteroatoms. The van der Waals surface area contributed by atoms with Crippen LogP contribution in [0.25, 0.3) is 0 Å². The molecule has 0 saturated carbocycles. The van der Waals surface area contributed by atoms with Crippen LogP contribution in [0.5, 0.6) is 0 Å². The zero-order valence-corrected chi connectivity index (χ0v) is 8.86. The van der Waals surface area contributed by atoms with Gasteiger partial charge in [0.1, 0.15) is 0 Å². The van der Waals surface area contributed by atoms with Crippen molar-refractivity contribution in [1.82, 2.24) is 9.61 Å². The highest BCUT2D eigenvalue weighted by Crippen LogP contribution is 2.12. The van der Waals surface area contributed by atoms with Gasteiger partial charge in [-0.2, -0.15) is 8.42 Å². The van der Waals surface area contributed by atoms with Gasteiger partial charge in [0.25, 0.3) is 0 Å². The van der Waals surface area contributed by atoms with Crippen LogP contribution in [0.15, 0.2) is 0 Å². The van der Waals surface area contributed by atoms with Crippen LogP contribution < -0.4 is 9.61 Å². The van der Waals surface area contributed by atoms with Crippen molar-refractivity contribution in [3.05, 3.63) is 0 Å². The summed E-state index contributed by atoms with van der Waals surface area (Å²) in [6.45, 7) is 4.81. The summed E-state index contributed by atoms with van der Waals surface area (Å²) in [7, 11) is -2.75. The van der Waals surface area contributed by atoms with Crippen LogP contribution in [0.3, 0.4) is 0 Å². The molecule has 0 radical (unpaired) electrons. The van der Waals surface area contributed by atoms with E-state index >= 15 is 0 Å². The highest BCUT2D eigenvalue weighted by atomic mass is 32.2. The molecule has 0 aliphatic heterocycles. The quantitative estimate of drug-likeness (QED) is 0.617. The maximum Gasteiger partial charge on any atom is 0.323 e. The van der Waals surface area contributed by atoms with Crippen LogP contribution in [-0.4, -0.2) is 21.4 Å². The lowest BCUT2D eigenvalue weighted by atomic mass is 9.96. The van der Waals surface area contributed by atoms with Crippen molar-refractivity contribution < 1.29 is 18.0 Å². The predicted molar refractivity (Wildman–Crippen MR) is 46.7 cm³/mol. The van der Waals surface area contributed by atoms with E-state index in [0.29, 0.717) is 0 Å². The van der Waals surface area contributed by atoms with E-state index in [0.717, 1.165) is 7.11 Å². The summed E-state index contributed by atoms with van der Waals surface area (Å²) in [5.41, 5.74) is -0.761. The first-order chi connectivity index (χ1) is 5.69. The monoisotopic (exact) mass is 210 g/mol. The molecular weight excluding hydrogens is 196 g/mol. The van der Waals surface area contributed by atoms with Gasteiger partial charge in [-0.25, -0.2) is 4.72 Å². The lowest BCUT2D eigenvalue weighted by Gasteiger charge is -2.17. The van der Waals surface area contributed by atoms with Crippen LogP contribution in [-0.2, 0) is 19.8 Å².